The lowest BCUT2D eigenvalue weighted by Gasteiger charge is -2.34. The zero-order valence-corrected chi connectivity index (χ0v) is 14.8. The fourth-order valence-corrected chi connectivity index (χ4v) is 3.60. The molecular formula is C21H16N4O3. The summed E-state index contributed by atoms with van der Waals surface area (Å²) < 4.78 is 1.46. The van der Waals surface area contributed by atoms with Crippen molar-refractivity contribution in [3.63, 3.8) is 0 Å². The molecule has 0 radical (unpaired) electrons. The van der Waals surface area contributed by atoms with Crippen molar-refractivity contribution in [1.29, 1.82) is 0 Å². The highest BCUT2D eigenvalue weighted by molar-refractivity contribution is 5.91. The fraction of sp³-hybridized carbons (Fsp3) is 0.0952. The van der Waals surface area contributed by atoms with E-state index in [1.807, 2.05) is 30.3 Å². The van der Waals surface area contributed by atoms with Gasteiger partial charge in [0.2, 0.25) is 0 Å². The van der Waals surface area contributed by atoms with Gasteiger partial charge in [-0.05, 0) is 29.3 Å². The van der Waals surface area contributed by atoms with Crippen molar-refractivity contribution >= 4 is 24.5 Å². The molecule has 0 aromatic carbocycles. The van der Waals surface area contributed by atoms with Gasteiger partial charge in [-0.3, -0.25) is 14.8 Å². The first-order chi connectivity index (χ1) is 13.7. The molecule has 7 heteroatoms. The van der Waals surface area contributed by atoms with Gasteiger partial charge in [-0.25, -0.2) is 9.48 Å². The Kier molecular flexibility index (Phi) is 4.41. The van der Waals surface area contributed by atoms with Gasteiger partial charge in [0.25, 0.3) is 0 Å². The minimum absolute atomic E-state index is 0.0484. The summed E-state index contributed by atoms with van der Waals surface area (Å²) in [6, 6.07) is 7.69. The van der Waals surface area contributed by atoms with E-state index in [-0.39, 0.29) is 5.69 Å². The number of aldehydes is 1. The summed E-state index contributed by atoms with van der Waals surface area (Å²) >= 11 is 0. The number of aromatic carboxylic acids is 1. The number of hydrogen-bond acceptors (Lipinski definition) is 5. The number of carboxylic acids is 1. The Morgan fingerprint density at radius 3 is 2.36 bits per heavy atom. The number of nitrogens with zero attached hydrogens (tertiary/aromatic N) is 4. The van der Waals surface area contributed by atoms with Gasteiger partial charge < -0.3 is 5.11 Å². The van der Waals surface area contributed by atoms with Crippen LogP contribution in [0.2, 0.25) is 0 Å². The molecule has 0 fully saturated rings. The van der Waals surface area contributed by atoms with Gasteiger partial charge in [-0.15, -0.1) is 0 Å². The number of allylic oxidation sites excluding steroid dienone is 2. The molecule has 1 N–H and O–H groups in total. The van der Waals surface area contributed by atoms with Crippen molar-refractivity contribution in [2.24, 2.45) is 0 Å². The van der Waals surface area contributed by atoms with Crippen molar-refractivity contribution in [1.82, 2.24) is 19.7 Å². The summed E-state index contributed by atoms with van der Waals surface area (Å²) in [6.07, 6.45) is 14.6. The third-order valence-corrected chi connectivity index (χ3v) is 4.89. The van der Waals surface area contributed by atoms with Crippen molar-refractivity contribution in [2.75, 3.05) is 0 Å². The number of fused-ring (bicyclic) bond motifs is 1. The first kappa shape index (κ1) is 17.5. The van der Waals surface area contributed by atoms with Crippen LogP contribution in [0.4, 0.5) is 0 Å². The largest absolute Gasteiger partial charge is 0.476 e. The van der Waals surface area contributed by atoms with Gasteiger partial charge in [0.1, 0.15) is 6.29 Å². The zero-order valence-electron chi connectivity index (χ0n) is 14.8. The number of hydrogen-bond donors (Lipinski definition) is 1. The molecule has 0 atom stereocenters. The quantitative estimate of drug-likeness (QED) is 0.546. The molecule has 1 aliphatic rings. The van der Waals surface area contributed by atoms with Crippen LogP contribution in [0, 0.1) is 0 Å². The predicted octanol–water partition coefficient (Wildman–Crippen LogP) is 2.60. The number of carbonyl (C=O) groups is 2. The van der Waals surface area contributed by atoms with Gasteiger partial charge >= 0.3 is 5.97 Å². The summed E-state index contributed by atoms with van der Waals surface area (Å²) in [5, 5.41) is 13.7. The Bertz CT molecular complexity index is 1050. The summed E-state index contributed by atoms with van der Waals surface area (Å²) in [6.45, 7) is 0. The maximum absolute atomic E-state index is 11.6. The van der Waals surface area contributed by atoms with Crippen LogP contribution in [-0.2, 0) is 16.6 Å². The van der Waals surface area contributed by atoms with E-state index in [1.165, 1.54) is 17.0 Å². The number of aromatic nitrogens is 4. The molecular weight excluding hydrogens is 356 g/mol. The van der Waals surface area contributed by atoms with Gasteiger partial charge in [0.05, 0.1) is 5.69 Å². The van der Waals surface area contributed by atoms with Crippen LogP contribution in [-0.4, -0.2) is 37.1 Å². The molecule has 28 heavy (non-hydrogen) atoms. The lowest BCUT2D eigenvalue weighted by Crippen LogP contribution is -2.31. The Balaban J connectivity index is 1.95. The summed E-state index contributed by atoms with van der Waals surface area (Å²) in [4.78, 5) is 30.9. The summed E-state index contributed by atoms with van der Waals surface area (Å²) in [5.41, 5.74) is 2.51. The molecule has 4 rings (SSSR count). The van der Waals surface area contributed by atoms with Gasteiger partial charge in [0, 0.05) is 48.4 Å². The van der Waals surface area contributed by atoms with Crippen LogP contribution in [0.15, 0.2) is 61.2 Å². The smallest absolute Gasteiger partial charge is 0.357 e. The standard InChI is InChI=1S/C21H16N4O3/c26-11-3-10-25-18-12-21(15-4-1-8-22-13-15,16-5-2-9-23-14-16)7-6-17(18)19(24-25)20(27)28/h1-11,13-14H,12H2,(H,27,28). The minimum Gasteiger partial charge on any atom is -0.476 e. The number of rotatable bonds is 5. The summed E-state index contributed by atoms with van der Waals surface area (Å²) in [5.74, 6) is -1.12. The molecule has 3 heterocycles. The summed E-state index contributed by atoms with van der Waals surface area (Å²) in [7, 11) is 0. The highest BCUT2D eigenvalue weighted by atomic mass is 16.4. The van der Waals surface area contributed by atoms with Crippen molar-refractivity contribution in [3.8, 4) is 0 Å². The van der Waals surface area contributed by atoms with Crippen LogP contribution in [0.25, 0.3) is 12.3 Å². The molecule has 0 bridgehead atoms. The Labute approximate surface area is 160 Å². The van der Waals surface area contributed by atoms with Crippen molar-refractivity contribution < 1.29 is 14.7 Å². The molecule has 3 aromatic rings. The lowest BCUT2D eigenvalue weighted by molar-refractivity contribution is -0.104. The molecule has 0 unspecified atom stereocenters. The molecule has 7 nitrogen and oxygen atoms in total. The molecule has 0 amide bonds. The molecule has 138 valence electrons. The third-order valence-electron chi connectivity index (χ3n) is 4.89. The van der Waals surface area contributed by atoms with E-state index >= 15 is 0 Å². The van der Waals surface area contributed by atoms with Gasteiger partial charge in [-0.2, -0.15) is 5.10 Å². The fourth-order valence-electron chi connectivity index (χ4n) is 3.60. The average Bonchev–Trinajstić information content (AvgIpc) is 3.11. The monoisotopic (exact) mass is 372 g/mol. The predicted molar refractivity (Wildman–Crippen MR) is 103 cm³/mol. The van der Waals surface area contributed by atoms with E-state index in [9.17, 15) is 14.7 Å². The molecule has 1 aliphatic carbocycles. The highest BCUT2D eigenvalue weighted by Crippen LogP contribution is 2.41. The number of carboxylic acid groups (broad SMARTS) is 1. The molecule has 0 aliphatic heterocycles. The minimum atomic E-state index is -1.12. The van der Waals surface area contributed by atoms with E-state index < -0.39 is 11.4 Å². The van der Waals surface area contributed by atoms with Crippen LogP contribution in [0.1, 0.15) is 32.9 Å². The zero-order chi connectivity index (χ0) is 19.6. The van der Waals surface area contributed by atoms with Crippen LogP contribution < -0.4 is 0 Å². The Morgan fingerprint density at radius 1 is 1.14 bits per heavy atom. The van der Waals surface area contributed by atoms with Crippen LogP contribution >= 0.6 is 0 Å². The molecule has 0 spiro atoms. The van der Waals surface area contributed by atoms with Gasteiger partial charge in [0.15, 0.2) is 5.69 Å². The van der Waals surface area contributed by atoms with Crippen LogP contribution in [0.5, 0.6) is 0 Å². The first-order valence-corrected chi connectivity index (χ1v) is 8.62. The Morgan fingerprint density at radius 2 is 1.82 bits per heavy atom. The number of carbonyl (C=O) groups excluding carboxylic acids is 1. The highest BCUT2D eigenvalue weighted by Gasteiger charge is 2.38. The normalized spacial score (nSPS) is 14.7. The first-order valence-electron chi connectivity index (χ1n) is 8.62. The van der Waals surface area contributed by atoms with Crippen LogP contribution in [0.3, 0.4) is 0 Å². The van der Waals surface area contributed by atoms with E-state index in [0.717, 1.165) is 11.1 Å². The topological polar surface area (TPSA) is 98.0 Å². The average molecular weight is 372 g/mol. The second-order valence-electron chi connectivity index (χ2n) is 6.40. The lowest BCUT2D eigenvalue weighted by atomic mass is 9.69. The van der Waals surface area contributed by atoms with E-state index in [2.05, 4.69) is 15.1 Å². The molecule has 3 aromatic heterocycles. The van der Waals surface area contributed by atoms with Crippen molar-refractivity contribution in [2.45, 2.75) is 11.8 Å². The Hall–Kier alpha value is -3.87. The van der Waals surface area contributed by atoms with E-state index in [4.69, 9.17) is 0 Å². The van der Waals surface area contributed by atoms with Crippen molar-refractivity contribution in [3.05, 3.63) is 89.3 Å². The third kappa shape index (κ3) is 2.83. The maximum atomic E-state index is 11.6. The van der Waals surface area contributed by atoms with E-state index in [1.54, 1.807) is 30.9 Å². The van der Waals surface area contributed by atoms with Gasteiger partial charge in [-0.1, -0.05) is 24.3 Å². The molecule has 0 saturated heterocycles. The molecule has 0 saturated carbocycles. The SMILES string of the molecule is O=CC=Cn1nc(C(=O)O)c2c1CC(c1cccnc1)(c1cccnc1)C=C2. The second kappa shape index (κ2) is 7.03. The number of pyridine rings is 2. The van der Waals surface area contributed by atoms with E-state index in [0.29, 0.717) is 24.0 Å². The maximum Gasteiger partial charge on any atom is 0.357 e. The second-order valence-corrected chi connectivity index (χ2v) is 6.40.